The first-order chi connectivity index (χ1) is 15.0. The number of nitrogens with zero attached hydrogens (tertiary/aromatic N) is 1. The van der Waals surface area contributed by atoms with Crippen LogP contribution in [0.3, 0.4) is 0 Å². The van der Waals surface area contributed by atoms with E-state index in [1.807, 2.05) is 23.9 Å². The summed E-state index contributed by atoms with van der Waals surface area (Å²) < 4.78 is 0. The van der Waals surface area contributed by atoms with Gasteiger partial charge < -0.3 is 10.4 Å². The summed E-state index contributed by atoms with van der Waals surface area (Å²) in [6, 6.07) is 7.19. The summed E-state index contributed by atoms with van der Waals surface area (Å²) in [4.78, 5) is 29.2. The highest BCUT2D eigenvalue weighted by molar-refractivity contribution is 7.99. The Hall–Kier alpha value is -1.53. The van der Waals surface area contributed by atoms with Gasteiger partial charge in [0.05, 0.1) is 0 Å². The molecule has 0 aliphatic carbocycles. The summed E-state index contributed by atoms with van der Waals surface area (Å²) in [6.45, 7) is 8.82. The van der Waals surface area contributed by atoms with Gasteiger partial charge in [-0.15, -0.1) is 0 Å². The van der Waals surface area contributed by atoms with Crippen LogP contribution >= 0.6 is 11.8 Å². The lowest BCUT2D eigenvalue weighted by Gasteiger charge is -2.53. The fourth-order valence-electron chi connectivity index (χ4n) is 5.34. The number of phenolic OH excluding ortho intramolecular Hbond substituents is 1. The van der Waals surface area contributed by atoms with Crippen molar-refractivity contribution in [3.8, 4) is 5.75 Å². The summed E-state index contributed by atoms with van der Waals surface area (Å²) in [5, 5.41) is 12.8. The first kappa shape index (κ1) is 25.1. The minimum Gasteiger partial charge on any atom is -0.508 e. The summed E-state index contributed by atoms with van der Waals surface area (Å²) >= 11 is 1.93. The van der Waals surface area contributed by atoms with E-state index in [9.17, 15) is 14.7 Å². The van der Waals surface area contributed by atoms with Crippen LogP contribution in [-0.2, 0) is 16.0 Å². The fraction of sp³-hybridized carbons (Fsp3) is 0.692. The maximum Gasteiger partial charge on any atom is 0.224 e. The van der Waals surface area contributed by atoms with Crippen LogP contribution in [0.5, 0.6) is 5.75 Å². The van der Waals surface area contributed by atoms with Gasteiger partial charge in [-0.05, 0) is 96.0 Å². The van der Waals surface area contributed by atoms with Crippen LogP contribution in [-0.4, -0.2) is 57.4 Å². The molecule has 2 fully saturated rings. The molecule has 2 N–H and O–H groups in total. The number of phenols is 1. The first-order valence-corrected chi connectivity index (χ1v) is 13.1. The average Bonchev–Trinajstić information content (AvgIpc) is 2.73. The fourth-order valence-corrected chi connectivity index (χ4v) is 6.45. The maximum atomic E-state index is 13.5. The SMILES string of the molecule is CN1C(C)(C)CC(C(=O)CC(Cc2ccc(O)cc2)C(=O)NC2CCSCC2)CC1(C)C. The smallest absolute Gasteiger partial charge is 0.224 e. The van der Waals surface area contributed by atoms with Crippen molar-refractivity contribution in [2.24, 2.45) is 11.8 Å². The highest BCUT2D eigenvalue weighted by Gasteiger charge is 2.45. The number of likely N-dealkylation sites (tertiary alicyclic amines) is 1. The highest BCUT2D eigenvalue weighted by atomic mass is 32.2. The van der Waals surface area contributed by atoms with E-state index in [1.165, 1.54) is 0 Å². The Morgan fingerprint density at radius 2 is 1.66 bits per heavy atom. The van der Waals surface area contributed by atoms with Gasteiger partial charge in [-0.2, -0.15) is 11.8 Å². The maximum absolute atomic E-state index is 13.5. The van der Waals surface area contributed by atoms with Gasteiger partial charge in [0.1, 0.15) is 11.5 Å². The van der Waals surface area contributed by atoms with Crippen molar-refractivity contribution in [2.45, 2.75) is 83.3 Å². The Bertz CT molecular complexity index is 782. The van der Waals surface area contributed by atoms with Crippen LogP contribution in [0.4, 0.5) is 0 Å². The molecular weight excluding hydrogens is 420 g/mol. The number of ketones is 1. The molecule has 5 nitrogen and oxygen atoms in total. The monoisotopic (exact) mass is 460 g/mol. The topological polar surface area (TPSA) is 69.6 Å². The number of benzene rings is 1. The molecule has 178 valence electrons. The van der Waals surface area contributed by atoms with E-state index in [0.29, 0.717) is 6.42 Å². The molecule has 3 rings (SSSR count). The van der Waals surface area contributed by atoms with Crippen LogP contribution in [0.25, 0.3) is 0 Å². The molecule has 32 heavy (non-hydrogen) atoms. The predicted octanol–water partition coefficient (Wildman–Crippen LogP) is 4.42. The van der Waals surface area contributed by atoms with Gasteiger partial charge in [0.25, 0.3) is 0 Å². The van der Waals surface area contributed by atoms with Gasteiger partial charge in [0.2, 0.25) is 5.91 Å². The highest BCUT2D eigenvalue weighted by Crippen LogP contribution is 2.41. The molecule has 0 radical (unpaired) electrons. The molecule has 1 aromatic rings. The lowest BCUT2D eigenvalue weighted by atomic mass is 9.71. The zero-order valence-electron chi connectivity index (χ0n) is 20.3. The summed E-state index contributed by atoms with van der Waals surface area (Å²) in [7, 11) is 2.14. The molecule has 2 aliphatic rings. The molecule has 6 heteroatoms. The van der Waals surface area contributed by atoms with Gasteiger partial charge in [0, 0.05) is 35.4 Å². The number of rotatable bonds is 7. The van der Waals surface area contributed by atoms with E-state index in [4.69, 9.17) is 0 Å². The van der Waals surface area contributed by atoms with Gasteiger partial charge in [0.15, 0.2) is 0 Å². The number of carbonyl (C=O) groups is 2. The summed E-state index contributed by atoms with van der Waals surface area (Å²) in [6.07, 6.45) is 4.41. The standard InChI is InChI=1S/C26H40N2O3S/c1-25(2)16-20(17-26(3,4)28(25)5)23(30)15-19(14-18-6-8-22(29)9-7-18)24(31)27-21-10-12-32-13-11-21/h6-9,19-21,29H,10-17H2,1-5H3,(H,27,31). The number of amides is 1. The van der Waals surface area contributed by atoms with Crippen molar-refractivity contribution in [1.29, 1.82) is 0 Å². The van der Waals surface area contributed by atoms with Crippen LogP contribution in [0.15, 0.2) is 24.3 Å². The van der Waals surface area contributed by atoms with Crippen LogP contribution < -0.4 is 5.32 Å². The minimum absolute atomic E-state index is 0.00484. The third kappa shape index (κ3) is 6.28. The third-order valence-electron chi connectivity index (χ3n) is 7.57. The molecule has 1 atom stereocenters. The van der Waals surface area contributed by atoms with E-state index in [0.717, 1.165) is 42.8 Å². The number of hydrogen-bond acceptors (Lipinski definition) is 5. The molecule has 1 aromatic carbocycles. The van der Waals surface area contributed by atoms with E-state index in [-0.39, 0.29) is 52.8 Å². The Kier molecular flexibility index (Phi) is 7.97. The van der Waals surface area contributed by atoms with Gasteiger partial charge in [-0.3, -0.25) is 14.5 Å². The van der Waals surface area contributed by atoms with Crippen LogP contribution in [0.1, 0.15) is 65.4 Å². The Labute approximate surface area is 197 Å². The Morgan fingerprint density at radius 1 is 1.09 bits per heavy atom. The number of nitrogens with one attached hydrogen (secondary N) is 1. The lowest BCUT2D eigenvalue weighted by Crippen LogP contribution is -2.59. The number of aromatic hydroxyl groups is 1. The second kappa shape index (κ2) is 10.2. The zero-order valence-corrected chi connectivity index (χ0v) is 21.1. The normalized spacial score (nSPS) is 22.9. The van der Waals surface area contributed by atoms with Gasteiger partial charge >= 0.3 is 0 Å². The average molecular weight is 461 g/mol. The largest absolute Gasteiger partial charge is 0.508 e. The molecule has 2 heterocycles. The van der Waals surface area contributed by atoms with Crippen molar-refractivity contribution in [3.63, 3.8) is 0 Å². The first-order valence-electron chi connectivity index (χ1n) is 11.9. The van der Waals surface area contributed by atoms with Crippen molar-refractivity contribution >= 4 is 23.5 Å². The number of hydrogen-bond donors (Lipinski definition) is 2. The summed E-state index contributed by atoms with van der Waals surface area (Å²) in [5.74, 6) is 2.15. The molecule has 0 spiro atoms. The van der Waals surface area contributed by atoms with Crippen LogP contribution in [0, 0.1) is 11.8 Å². The van der Waals surface area contributed by atoms with Crippen molar-refractivity contribution in [3.05, 3.63) is 29.8 Å². The van der Waals surface area contributed by atoms with Crippen molar-refractivity contribution in [1.82, 2.24) is 10.2 Å². The molecule has 2 aliphatic heterocycles. The summed E-state index contributed by atoms with van der Waals surface area (Å²) in [5.41, 5.74) is 0.853. The molecule has 0 aromatic heterocycles. The lowest BCUT2D eigenvalue weighted by molar-refractivity contribution is -0.135. The van der Waals surface area contributed by atoms with Crippen molar-refractivity contribution in [2.75, 3.05) is 18.6 Å². The van der Waals surface area contributed by atoms with Crippen LogP contribution in [0.2, 0.25) is 0 Å². The third-order valence-corrected chi connectivity index (χ3v) is 8.62. The van der Waals surface area contributed by atoms with E-state index in [2.05, 4.69) is 45.0 Å². The second-order valence-electron chi connectivity index (χ2n) is 10.9. The minimum atomic E-state index is -0.382. The molecule has 1 unspecified atom stereocenters. The number of carbonyl (C=O) groups excluding carboxylic acids is 2. The molecule has 0 saturated carbocycles. The molecular formula is C26H40N2O3S. The molecule has 1 amide bonds. The van der Waals surface area contributed by atoms with E-state index < -0.39 is 0 Å². The van der Waals surface area contributed by atoms with Gasteiger partial charge in [-0.1, -0.05) is 12.1 Å². The number of thioether (sulfide) groups is 1. The zero-order chi connectivity index (χ0) is 23.5. The Morgan fingerprint density at radius 3 is 2.22 bits per heavy atom. The second-order valence-corrected chi connectivity index (χ2v) is 12.1. The van der Waals surface area contributed by atoms with E-state index in [1.54, 1.807) is 12.1 Å². The number of Topliss-reactive ketones (excluding diaryl/α,β-unsaturated/α-hetero) is 1. The van der Waals surface area contributed by atoms with Crippen molar-refractivity contribution < 1.29 is 14.7 Å². The Balaban J connectivity index is 1.73. The molecule has 2 saturated heterocycles. The van der Waals surface area contributed by atoms with Gasteiger partial charge in [-0.25, -0.2) is 0 Å². The van der Waals surface area contributed by atoms with E-state index >= 15 is 0 Å². The predicted molar refractivity (Wildman–Crippen MR) is 132 cm³/mol. The quantitative estimate of drug-likeness (QED) is 0.630. The molecule has 0 bridgehead atoms. The number of piperidine rings is 1.